The first-order chi connectivity index (χ1) is 10.1. The first-order valence-electron chi connectivity index (χ1n) is 7.22. The van der Waals surface area contributed by atoms with Crippen LogP contribution in [0.1, 0.15) is 30.9 Å². The van der Waals surface area contributed by atoms with Crippen LogP contribution in [0.2, 0.25) is 0 Å². The van der Waals surface area contributed by atoms with Crippen molar-refractivity contribution in [3.8, 4) is 0 Å². The Morgan fingerprint density at radius 1 is 1.38 bits per heavy atom. The summed E-state index contributed by atoms with van der Waals surface area (Å²) in [6.07, 6.45) is 3.97. The van der Waals surface area contributed by atoms with Crippen molar-refractivity contribution in [2.24, 2.45) is 0 Å². The molecule has 0 aliphatic carbocycles. The first kappa shape index (κ1) is 13.8. The molecule has 0 aliphatic rings. The van der Waals surface area contributed by atoms with Gasteiger partial charge in [-0.05, 0) is 24.6 Å². The summed E-state index contributed by atoms with van der Waals surface area (Å²) >= 11 is 0. The van der Waals surface area contributed by atoms with Gasteiger partial charge in [-0.2, -0.15) is 0 Å². The largest absolute Gasteiger partial charge is 0.359 e. The molecule has 0 atom stereocenters. The molecule has 110 valence electrons. The molecule has 3 heterocycles. The van der Waals surface area contributed by atoms with Gasteiger partial charge in [-0.15, -0.1) is 0 Å². The van der Waals surface area contributed by atoms with E-state index in [1.165, 1.54) is 10.9 Å². The Hall–Kier alpha value is -2.14. The molecule has 21 heavy (non-hydrogen) atoms. The SMILES string of the molecule is Cc1cc(Cn2cc(CNC(C)C)c3cccnc32)on1. The van der Waals surface area contributed by atoms with Gasteiger partial charge in [0.2, 0.25) is 0 Å². The minimum absolute atomic E-state index is 0.456. The van der Waals surface area contributed by atoms with Crippen molar-refractivity contribution >= 4 is 11.0 Å². The Bertz CT molecular complexity index is 742. The van der Waals surface area contributed by atoms with E-state index in [4.69, 9.17) is 4.52 Å². The molecule has 0 saturated carbocycles. The Morgan fingerprint density at radius 3 is 2.95 bits per heavy atom. The molecule has 5 nitrogen and oxygen atoms in total. The van der Waals surface area contributed by atoms with Crippen LogP contribution in [0.4, 0.5) is 0 Å². The minimum atomic E-state index is 0.456. The van der Waals surface area contributed by atoms with Gasteiger partial charge in [0, 0.05) is 36.4 Å². The number of nitrogens with zero attached hydrogens (tertiary/aromatic N) is 3. The van der Waals surface area contributed by atoms with Crippen LogP contribution in [-0.2, 0) is 13.1 Å². The monoisotopic (exact) mass is 284 g/mol. The highest BCUT2D eigenvalue weighted by molar-refractivity contribution is 5.80. The van der Waals surface area contributed by atoms with E-state index in [2.05, 4.69) is 46.1 Å². The van der Waals surface area contributed by atoms with E-state index in [1.54, 1.807) is 0 Å². The quantitative estimate of drug-likeness (QED) is 0.782. The maximum absolute atomic E-state index is 5.31. The fourth-order valence-electron chi connectivity index (χ4n) is 2.43. The van der Waals surface area contributed by atoms with Gasteiger partial charge < -0.3 is 14.4 Å². The predicted molar refractivity (Wildman–Crippen MR) is 82.1 cm³/mol. The maximum Gasteiger partial charge on any atom is 0.156 e. The summed E-state index contributed by atoms with van der Waals surface area (Å²) < 4.78 is 7.43. The Labute approximate surface area is 124 Å². The lowest BCUT2D eigenvalue weighted by molar-refractivity contribution is 0.374. The first-order valence-corrected chi connectivity index (χ1v) is 7.22. The second-order valence-corrected chi connectivity index (χ2v) is 5.63. The van der Waals surface area contributed by atoms with Gasteiger partial charge in [0.05, 0.1) is 12.2 Å². The number of aryl methyl sites for hydroxylation is 1. The average Bonchev–Trinajstić information content (AvgIpc) is 3.02. The zero-order chi connectivity index (χ0) is 14.8. The summed E-state index contributed by atoms with van der Waals surface area (Å²) in [7, 11) is 0. The predicted octanol–water partition coefficient (Wildman–Crippen LogP) is 2.88. The third kappa shape index (κ3) is 2.97. The average molecular weight is 284 g/mol. The Balaban J connectivity index is 1.94. The molecule has 0 radical (unpaired) electrons. The molecule has 0 aliphatic heterocycles. The van der Waals surface area contributed by atoms with E-state index in [9.17, 15) is 0 Å². The number of hydrogen-bond acceptors (Lipinski definition) is 4. The van der Waals surface area contributed by atoms with Crippen molar-refractivity contribution in [2.45, 2.75) is 39.9 Å². The fourth-order valence-corrected chi connectivity index (χ4v) is 2.43. The van der Waals surface area contributed by atoms with Gasteiger partial charge in [0.1, 0.15) is 5.65 Å². The third-order valence-corrected chi connectivity index (χ3v) is 3.42. The van der Waals surface area contributed by atoms with Crippen LogP contribution in [0.3, 0.4) is 0 Å². The van der Waals surface area contributed by atoms with Crippen molar-refractivity contribution in [1.82, 2.24) is 20.0 Å². The molecule has 0 aromatic carbocycles. The van der Waals surface area contributed by atoms with Crippen LogP contribution in [-0.4, -0.2) is 20.7 Å². The van der Waals surface area contributed by atoms with E-state index in [1.807, 2.05) is 25.3 Å². The van der Waals surface area contributed by atoms with Crippen LogP contribution in [0, 0.1) is 6.92 Å². The number of nitrogens with one attached hydrogen (secondary N) is 1. The molecule has 0 saturated heterocycles. The summed E-state index contributed by atoms with van der Waals surface area (Å²) in [5.41, 5.74) is 3.13. The highest BCUT2D eigenvalue weighted by Gasteiger charge is 2.11. The molecule has 3 aromatic rings. The van der Waals surface area contributed by atoms with Gasteiger partial charge in [-0.25, -0.2) is 4.98 Å². The van der Waals surface area contributed by atoms with Crippen molar-refractivity contribution in [3.05, 3.63) is 47.6 Å². The number of rotatable bonds is 5. The lowest BCUT2D eigenvalue weighted by Crippen LogP contribution is -2.21. The summed E-state index contributed by atoms with van der Waals surface area (Å²) in [4.78, 5) is 4.50. The van der Waals surface area contributed by atoms with E-state index < -0.39 is 0 Å². The molecule has 1 N–H and O–H groups in total. The molecule has 0 spiro atoms. The number of hydrogen-bond donors (Lipinski definition) is 1. The second kappa shape index (κ2) is 5.69. The summed E-state index contributed by atoms with van der Waals surface area (Å²) in [5.74, 6) is 0.846. The summed E-state index contributed by atoms with van der Waals surface area (Å²) in [6, 6.07) is 6.50. The van der Waals surface area contributed by atoms with Crippen molar-refractivity contribution in [2.75, 3.05) is 0 Å². The summed E-state index contributed by atoms with van der Waals surface area (Å²) in [5, 5.41) is 8.58. The van der Waals surface area contributed by atoms with Crippen LogP contribution in [0.15, 0.2) is 35.1 Å². The molecular weight excluding hydrogens is 264 g/mol. The minimum Gasteiger partial charge on any atom is -0.359 e. The lowest BCUT2D eigenvalue weighted by atomic mass is 10.2. The highest BCUT2D eigenvalue weighted by Crippen LogP contribution is 2.20. The molecule has 3 rings (SSSR count). The van der Waals surface area contributed by atoms with Gasteiger partial charge >= 0.3 is 0 Å². The summed E-state index contributed by atoms with van der Waals surface area (Å²) in [6.45, 7) is 7.71. The molecule has 0 fully saturated rings. The number of fused-ring (bicyclic) bond motifs is 1. The molecule has 5 heteroatoms. The van der Waals surface area contributed by atoms with Crippen molar-refractivity contribution < 1.29 is 4.52 Å². The number of pyridine rings is 1. The lowest BCUT2D eigenvalue weighted by Gasteiger charge is -2.06. The van der Waals surface area contributed by atoms with Crippen molar-refractivity contribution in [1.29, 1.82) is 0 Å². The van der Waals surface area contributed by atoms with Crippen LogP contribution < -0.4 is 5.32 Å². The Kier molecular flexibility index (Phi) is 3.75. The zero-order valence-corrected chi connectivity index (χ0v) is 12.6. The standard InChI is InChI=1S/C16H20N4O/c1-11(2)18-8-13-9-20(10-14-7-12(3)19-21-14)16-15(13)5-4-6-17-16/h4-7,9,11,18H,8,10H2,1-3H3. The highest BCUT2D eigenvalue weighted by atomic mass is 16.5. The van der Waals surface area contributed by atoms with Gasteiger partial charge in [0.15, 0.2) is 5.76 Å². The van der Waals surface area contributed by atoms with Gasteiger partial charge in [-0.3, -0.25) is 0 Å². The molecular formula is C16H20N4O. The number of aromatic nitrogens is 3. The van der Waals surface area contributed by atoms with Gasteiger partial charge in [0.25, 0.3) is 0 Å². The van der Waals surface area contributed by atoms with Crippen LogP contribution in [0.25, 0.3) is 11.0 Å². The Morgan fingerprint density at radius 2 is 2.24 bits per heavy atom. The fraction of sp³-hybridized carbons (Fsp3) is 0.375. The van der Waals surface area contributed by atoms with E-state index in [0.717, 1.165) is 23.6 Å². The topological polar surface area (TPSA) is 55.9 Å². The second-order valence-electron chi connectivity index (χ2n) is 5.63. The van der Waals surface area contributed by atoms with Crippen molar-refractivity contribution in [3.63, 3.8) is 0 Å². The van der Waals surface area contributed by atoms with Crippen LogP contribution >= 0.6 is 0 Å². The normalized spacial score (nSPS) is 11.6. The van der Waals surface area contributed by atoms with Crippen LogP contribution in [0.5, 0.6) is 0 Å². The molecule has 3 aromatic heterocycles. The third-order valence-electron chi connectivity index (χ3n) is 3.42. The molecule has 0 unspecified atom stereocenters. The zero-order valence-electron chi connectivity index (χ0n) is 12.6. The van der Waals surface area contributed by atoms with Gasteiger partial charge in [-0.1, -0.05) is 19.0 Å². The van der Waals surface area contributed by atoms with E-state index >= 15 is 0 Å². The smallest absolute Gasteiger partial charge is 0.156 e. The maximum atomic E-state index is 5.31. The molecule has 0 bridgehead atoms. The van der Waals surface area contributed by atoms with E-state index in [-0.39, 0.29) is 0 Å². The van der Waals surface area contributed by atoms with E-state index in [0.29, 0.717) is 12.6 Å². The molecule has 0 amide bonds.